The van der Waals surface area contributed by atoms with Gasteiger partial charge in [-0.1, -0.05) is 273 Å². The maximum Gasteiger partial charge on any atom is 0.0540 e. The summed E-state index contributed by atoms with van der Waals surface area (Å²) in [5.74, 6) is 0. The summed E-state index contributed by atoms with van der Waals surface area (Å²) in [5, 5.41) is 14.5. The summed E-state index contributed by atoms with van der Waals surface area (Å²) in [6.07, 6.45) is 0. The molecule has 470 valence electrons. The minimum Gasteiger partial charge on any atom is -0.310 e. The predicted molar refractivity (Wildman–Crippen MR) is 427 cm³/mol. The van der Waals surface area contributed by atoms with E-state index >= 15 is 0 Å². The molecular formula is C96H66N4. The number of nitrogens with zero attached hydrogens (tertiary/aromatic N) is 4. The van der Waals surface area contributed by atoms with Crippen molar-refractivity contribution in [3.63, 3.8) is 0 Å². The average Bonchev–Trinajstić information content (AvgIpc) is 0.765. The number of fused-ring (bicyclic) bond motifs is 6. The zero-order valence-electron chi connectivity index (χ0n) is 54.9. The highest BCUT2D eigenvalue weighted by Gasteiger charge is 2.24. The van der Waals surface area contributed by atoms with Crippen molar-refractivity contribution in [2.45, 2.75) is 0 Å². The van der Waals surface area contributed by atoms with Crippen LogP contribution in [0.5, 0.6) is 0 Å². The standard InChI is InChI=1S/C96H66N4/c1-4-31-70(32-5-1)98(94-64-61-88(85-40-16-19-43-91(85)94)82-46-22-28-67-25-10-13-37-79(67)82)76-55-49-73(50-56-76)97(74-51-57-77(58-52-74)99(71-33-6-2-7-34-71)95-65-62-89(86-41-17-20-44-92(86)95)83-47-23-29-68-26-11-14-38-80(68)83)75-53-59-78(60-54-75)100(72-35-8-3-9-36-72)96-66-63-90(87-42-18-21-45-93(87)96)84-48-24-30-69-27-12-15-39-81(69)84/h1-66H. The Hall–Kier alpha value is -13.3. The van der Waals surface area contributed by atoms with Crippen LogP contribution in [0.3, 0.4) is 0 Å². The van der Waals surface area contributed by atoms with Gasteiger partial charge in [-0.3, -0.25) is 0 Å². The van der Waals surface area contributed by atoms with Gasteiger partial charge in [-0.2, -0.15) is 0 Å². The molecule has 0 bridgehead atoms. The van der Waals surface area contributed by atoms with Crippen LogP contribution in [-0.2, 0) is 0 Å². The van der Waals surface area contributed by atoms with E-state index in [2.05, 4.69) is 420 Å². The lowest BCUT2D eigenvalue weighted by molar-refractivity contribution is 1.24. The van der Waals surface area contributed by atoms with Gasteiger partial charge in [0.25, 0.3) is 0 Å². The van der Waals surface area contributed by atoms with Crippen molar-refractivity contribution >= 4 is 133 Å². The molecule has 0 atom stereocenters. The van der Waals surface area contributed by atoms with Crippen LogP contribution in [0.1, 0.15) is 0 Å². The van der Waals surface area contributed by atoms with Crippen LogP contribution in [0, 0.1) is 0 Å². The van der Waals surface area contributed by atoms with Gasteiger partial charge in [0.15, 0.2) is 0 Å². The molecule has 0 saturated carbocycles. The molecule has 0 aliphatic carbocycles. The fourth-order valence-corrected chi connectivity index (χ4v) is 15.2. The predicted octanol–water partition coefficient (Wildman–Crippen LogP) is 27.5. The Morgan fingerprint density at radius 1 is 0.110 bits per heavy atom. The summed E-state index contributed by atoms with van der Waals surface area (Å²) in [6.45, 7) is 0. The van der Waals surface area contributed by atoms with E-state index in [0.717, 1.165) is 68.2 Å². The molecule has 0 unspecified atom stereocenters. The zero-order valence-corrected chi connectivity index (χ0v) is 54.9. The summed E-state index contributed by atoms with van der Waals surface area (Å²) in [5.41, 5.74) is 19.9. The van der Waals surface area contributed by atoms with Crippen LogP contribution >= 0.6 is 0 Å². The van der Waals surface area contributed by atoms with Gasteiger partial charge in [0.2, 0.25) is 0 Å². The Kier molecular flexibility index (Phi) is 15.2. The van der Waals surface area contributed by atoms with E-state index in [4.69, 9.17) is 0 Å². The first-order valence-corrected chi connectivity index (χ1v) is 34.3. The van der Waals surface area contributed by atoms with Crippen molar-refractivity contribution in [2.75, 3.05) is 19.6 Å². The van der Waals surface area contributed by atoms with E-state index < -0.39 is 0 Å². The Morgan fingerprint density at radius 3 is 0.570 bits per heavy atom. The number of hydrogen-bond donors (Lipinski definition) is 0. The molecule has 100 heavy (non-hydrogen) atoms. The number of benzene rings is 18. The van der Waals surface area contributed by atoms with E-state index in [-0.39, 0.29) is 0 Å². The van der Waals surface area contributed by atoms with Gasteiger partial charge in [0, 0.05) is 67.3 Å². The third-order valence-corrected chi connectivity index (χ3v) is 19.8. The molecule has 18 aromatic rings. The second-order valence-electron chi connectivity index (χ2n) is 25.5. The topological polar surface area (TPSA) is 13.0 Å². The number of hydrogen-bond acceptors (Lipinski definition) is 4. The highest BCUT2D eigenvalue weighted by molar-refractivity contribution is 6.14. The van der Waals surface area contributed by atoms with E-state index in [9.17, 15) is 0 Å². The highest BCUT2D eigenvalue weighted by atomic mass is 15.2. The van der Waals surface area contributed by atoms with Crippen molar-refractivity contribution in [2.24, 2.45) is 0 Å². The minimum absolute atomic E-state index is 1.01. The third-order valence-electron chi connectivity index (χ3n) is 19.8. The summed E-state index contributed by atoms with van der Waals surface area (Å²) in [4.78, 5) is 9.60. The SMILES string of the molecule is c1ccc(N(c2ccc(N(c3ccc(N(c4ccccc4)c4ccc(-c5cccc6ccccc56)c5ccccc45)cc3)c3ccc(N(c4ccccc4)c4ccc(-c5cccc6ccccc56)c5ccccc45)cc3)cc2)c2ccc(-c3cccc4ccccc34)c3ccccc23)cc1. The Morgan fingerprint density at radius 2 is 0.300 bits per heavy atom. The lowest BCUT2D eigenvalue weighted by Crippen LogP contribution is -2.14. The van der Waals surface area contributed by atoms with Crippen LogP contribution in [0.4, 0.5) is 68.2 Å². The maximum absolute atomic E-state index is 2.40. The molecule has 0 radical (unpaired) electrons. The number of para-hydroxylation sites is 3. The van der Waals surface area contributed by atoms with Gasteiger partial charge in [-0.15, -0.1) is 0 Å². The average molecular weight is 1280 g/mol. The zero-order chi connectivity index (χ0) is 66.3. The first-order chi connectivity index (χ1) is 49.6. The second-order valence-corrected chi connectivity index (χ2v) is 25.5. The van der Waals surface area contributed by atoms with Gasteiger partial charge in [0.05, 0.1) is 17.1 Å². The lowest BCUT2D eigenvalue weighted by atomic mass is 9.93. The van der Waals surface area contributed by atoms with E-state index in [1.165, 1.54) is 98.0 Å². The van der Waals surface area contributed by atoms with Crippen molar-refractivity contribution < 1.29 is 0 Å². The van der Waals surface area contributed by atoms with Gasteiger partial charge in [-0.25, -0.2) is 0 Å². The quantitative estimate of drug-likeness (QED) is 0.101. The molecule has 0 aliphatic heterocycles. The molecule has 0 saturated heterocycles. The van der Waals surface area contributed by atoms with Crippen LogP contribution in [0.25, 0.3) is 98.0 Å². The molecule has 0 aromatic heterocycles. The summed E-state index contributed by atoms with van der Waals surface area (Å²) in [6, 6.07) is 146. The Bertz CT molecular complexity index is 5430. The van der Waals surface area contributed by atoms with Gasteiger partial charge < -0.3 is 19.6 Å². The van der Waals surface area contributed by atoms with E-state index in [1.54, 1.807) is 0 Å². The van der Waals surface area contributed by atoms with Crippen LogP contribution < -0.4 is 19.6 Å². The van der Waals surface area contributed by atoms with Crippen LogP contribution in [-0.4, -0.2) is 0 Å². The molecule has 0 amide bonds. The first-order valence-electron chi connectivity index (χ1n) is 34.3. The smallest absolute Gasteiger partial charge is 0.0540 e. The molecular weight excluding hydrogens is 1210 g/mol. The number of rotatable bonds is 15. The second kappa shape index (κ2) is 25.7. The fraction of sp³-hybridized carbons (Fsp3) is 0. The normalized spacial score (nSPS) is 11.4. The molecule has 0 N–H and O–H groups in total. The van der Waals surface area contributed by atoms with Crippen LogP contribution in [0.15, 0.2) is 400 Å². The van der Waals surface area contributed by atoms with Crippen molar-refractivity contribution in [3.05, 3.63) is 400 Å². The van der Waals surface area contributed by atoms with E-state index in [1.807, 2.05) is 0 Å². The lowest BCUT2D eigenvalue weighted by Gasteiger charge is -2.31. The van der Waals surface area contributed by atoms with Gasteiger partial charge in [0.1, 0.15) is 0 Å². The molecule has 0 fully saturated rings. The first kappa shape index (κ1) is 59.2. The molecule has 4 nitrogen and oxygen atoms in total. The maximum atomic E-state index is 2.40. The Balaban J connectivity index is 0.772. The minimum atomic E-state index is 1.01. The summed E-state index contributed by atoms with van der Waals surface area (Å²) < 4.78 is 0. The highest BCUT2D eigenvalue weighted by Crippen LogP contribution is 2.49. The molecule has 18 rings (SSSR count). The van der Waals surface area contributed by atoms with Gasteiger partial charge in [-0.05, 0) is 209 Å². The summed E-state index contributed by atoms with van der Waals surface area (Å²) >= 11 is 0. The van der Waals surface area contributed by atoms with Crippen molar-refractivity contribution in [1.29, 1.82) is 0 Å². The fourth-order valence-electron chi connectivity index (χ4n) is 15.2. The summed E-state index contributed by atoms with van der Waals surface area (Å²) in [7, 11) is 0. The molecule has 4 heteroatoms. The molecule has 0 spiro atoms. The molecule has 18 aromatic carbocycles. The van der Waals surface area contributed by atoms with E-state index in [0.29, 0.717) is 0 Å². The van der Waals surface area contributed by atoms with Crippen molar-refractivity contribution in [3.8, 4) is 33.4 Å². The van der Waals surface area contributed by atoms with Crippen LogP contribution in [0.2, 0.25) is 0 Å². The van der Waals surface area contributed by atoms with Gasteiger partial charge >= 0.3 is 0 Å². The largest absolute Gasteiger partial charge is 0.310 e. The van der Waals surface area contributed by atoms with Crippen molar-refractivity contribution in [1.82, 2.24) is 0 Å². The molecule has 0 heterocycles. The Labute approximate surface area is 582 Å². The molecule has 0 aliphatic rings. The third kappa shape index (κ3) is 10.7. The number of anilines is 12. The monoisotopic (exact) mass is 1270 g/mol.